The molecule has 0 spiro atoms. The molecule has 1 saturated heterocycles. The average Bonchev–Trinajstić information content (AvgIpc) is 2.42. The zero-order valence-corrected chi connectivity index (χ0v) is 13.5. The van der Waals surface area contributed by atoms with E-state index in [0.717, 1.165) is 39.0 Å². The van der Waals surface area contributed by atoms with Crippen LogP contribution in [0.5, 0.6) is 0 Å². The fourth-order valence-electron chi connectivity index (χ4n) is 2.29. The van der Waals surface area contributed by atoms with Crippen LogP contribution in [-0.4, -0.2) is 66.6 Å². The van der Waals surface area contributed by atoms with Crippen LogP contribution in [0.1, 0.15) is 32.6 Å². The summed E-state index contributed by atoms with van der Waals surface area (Å²) < 4.78 is 5.78. The number of nitrogens with two attached hydrogens (primary N) is 1. The van der Waals surface area contributed by atoms with E-state index in [-0.39, 0.29) is 12.0 Å². The molecule has 0 aromatic rings. The predicted octanol–water partition coefficient (Wildman–Crippen LogP) is 1.01. The summed E-state index contributed by atoms with van der Waals surface area (Å²) in [5.74, 6) is 0.123. The van der Waals surface area contributed by atoms with Gasteiger partial charge in [0.1, 0.15) is 0 Å². The molecule has 1 unspecified atom stereocenters. The zero-order valence-electron chi connectivity index (χ0n) is 12.6. The topological polar surface area (TPSA) is 58.8 Å². The van der Waals surface area contributed by atoms with E-state index in [1.807, 2.05) is 0 Å². The number of amides is 1. The third kappa shape index (κ3) is 6.63. The highest BCUT2D eigenvalue weighted by atomic mass is 32.1. The Labute approximate surface area is 127 Å². The molecule has 1 heterocycles. The molecule has 0 saturated carbocycles. The molecule has 0 radical (unpaired) electrons. The highest BCUT2D eigenvalue weighted by molar-refractivity contribution is 7.80. The highest BCUT2D eigenvalue weighted by Crippen LogP contribution is 2.13. The highest BCUT2D eigenvalue weighted by Gasteiger charge is 2.22. The molecule has 6 heteroatoms. The molecular weight excluding hydrogens is 274 g/mol. The fourth-order valence-corrected chi connectivity index (χ4v) is 2.38. The van der Waals surface area contributed by atoms with Crippen molar-refractivity contribution < 1.29 is 9.53 Å². The number of hydrogen-bond donors (Lipinski definition) is 1. The molecule has 2 N–H and O–H groups in total. The first kappa shape index (κ1) is 17.3. The molecule has 1 rings (SSSR count). The van der Waals surface area contributed by atoms with Gasteiger partial charge in [0, 0.05) is 33.2 Å². The van der Waals surface area contributed by atoms with E-state index in [9.17, 15) is 4.79 Å². The molecule has 1 aliphatic heterocycles. The minimum Gasteiger partial charge on any atom is -0.393 e. The largest absolute Gasteiger partial charge is 0.393 e. The average molecular weight is 301 g/mol. The summed E-state index contributed by atoms with van der Waals surface area (Å²) in [7, 11) is 1.80. The minimum absolute atomic E-state index is 0.123. The quantitative estimate of drug-likeness (QED) is 0.678. The maximum absolute atomic E-state index is 12.1. The van der Waals surface area contributed by atoms with Crippen LogP contribution < -0.4 is 5.73 Å². The summed E-state index contributed by atoms with van der Waals surface area (Å²) >= 11 is 4.83. The molecule has 1 aliphatic rings. The number of thiocarbonyl (C=S) groups is 1. The molecule has 1 atom stereocenters. The van der Waals surface area contributed by atoms with Crippen LogP contribution in [0.25, 0.3) is 0 Å². The second kappa shape index (κ2) is 9.26. The Morgan fingerprint density at radius 3 is 2.95 bits per heavy atom. The summed E-state index contributed by atoms with van der Waals surface area (Å²) in [4.78, 5) is 16.4. The summed E-state index contributed by atoms with van der Waals surface area (Å²) in [6.45, 7) is 5.80. The molecule has 1 fully saturated rings. The Kier molecular flexibility index (Phi) is 8.02. The van der Waals surface area contributed by atoms with E-state index in [2.05, 4.69) is 11.8 Å². The lowest BCUT2D eigenvalue weighted by Crippen LogP contribution is -2.45. The van der Waals surface area contributed by atoms with E-state index < -0.39 is 0 Å². The van der Waals surface area contributed by atoms with E-state index in [0.29, 0.717) is 24.5 Å². The van der Waals surface area contributed by atoms with Gasteiger partial charge in [-0.2, -0.15) is 0 Å². The van der Waals surface area contributed by atoms with Crippen molar-refractivity contribution in [2.24, 2.45) is 5.73 Å². The van der Waals surface area contributed by atoms with Crippen molar-refractivity contribution in [1.29, 1.82) is 0 Å². The van der Waals surface area contributed by atoms with Gasteiger partial charge in [-0.1, -0.05) is 19.1 Å². The van der Waals surface area contributed by atoms with Gasteiger partial charge in [-0.3, -0.25) is 9.69 Å². The van der Waals surface area contributed by atoms with Crippen LogP contribution in [0.4, 0.5) is 0 Å². The number of ether oxygens (including phenoxy) is 1. The van der Waals surface area contributed by atoms with E-state index in [1.165, 1.54) is 0 Å². The van der Waals surface area contributed by atoms with Crippen molar-refractivity contribution >= 4 is 23.1 Å². The normalized spacial score (nSPS) is 19.8. The van der Waals surface area contributed by atoms with E-state index in [4.69, 9.17) is 22.7 Å². The maximum Gasteiger partial charge on any atom is 0.236 e. The Hall–Kier alpha value is -0.720. The van der Waals surface area contributed by atoms with Crippen molar-refractivity contribution in [3.63, 3.8) is 0 Å². The monoisotopic (exact) mass is 301 g/mol. The Bertz CT molecular complexity index is 326. The molecule has 5 nitrogen and oxygen atoms in total. The Morgan fingerprint density at radius 2 is 2.30 bits per heavy atom. The standard InChI is InChI=1S/C14H27N3O2S/c1-3-9-19-12-5-4-7-17(10-12)11-14(18)16(2)8-6-13(15)20/h12H,3-11H2,1-2H3,(H2,15,20). The van der Waals surface area contributed by atoms with Crippen molar-refractivity contribution in [2.45, 2.75) is 38.7 Å². The number of piperidine rings is 1. The molecular formula is C14H27N3O2S. The summed E-state index contributed by atoms with van der Waals surface area (Å²) in [5, 5.41) is 0. The van der Waals surface area contributed by atoms with Gasteiger partial charge >= 0.3 is 0 Å². The number of likely N-dealkylation sites (tertiary alicyclic amines) is 1. The fraction of sp³-hybridized carbons (Fsp3) is 0.857. The Morgan fingerprint density at radius 1 is 1.55 bits per heavy atom. The zero-order chi connectivity index (χ0) is 15.0. The van der Waals surface area contributed by atoms with Gasteiger partial charge in [0.15, 0.2) is 0 Å². The second-order valence-electron chi connectivity index (χ2n) is 5.40. The van der Waals surface area contributed by atoms with E-state index >= 15 is 0 Å². The van der Waals surface area contributed by atoms with Crippen LogP contribution in [0.3, 0.4) is 0 Å². The molecule has 1 amide bonds. The molecule has 116 valence electrons. The van der Waals surface area contributed by atoms with Gasteiger partial charge in [0.2, 0.25) is 5.91 Å². The van der Waals surface area contributed by atoms with Crippen molar-refractivity contribution in [3.05, 3.63) is 0 Å². The first-order valence-corrected chi connectivity index (χ1v) is 7.80. The minimum atomic E-state index is 0.123. The number of likely N-dealkylation sites (N-methyl/N-ethyl adjacent to an activating group) is 1. The summed E-state index contributed by atoms with van der Waals surface area (Å²) in [5.41, 5.74) is 5.46. The van der Waals surface area contributed by atoms with Gasteiger partial charge < -0.3 is 15.4 Å². The summed E-state index contributed by atoms with van der Waals surface area (Å²) in [6, 6.07) is 0. The lowest BCUT2D eigenvalue weighted by atomic mass is 10.1. The Balaban J connectivity index is 2.31. The second-order valence-corrected chi connectivity index (χ2v) is 5.93. The summed E-state index contributed by atoms with van der Waals surface area (Å²) in [6.07, 6.45) is 4.09. The van der Waals surface area contributed by atoms with E-state index in [1.54, 1.807) is 11.9 Å². The number of rotatable bonds is 8. The SMILES string of the molecule is CCCOC1CCCN(CC(=O)N(C)CCC(N)=S)C1. The van der Waals surface area contributed by atoms with Gasteiger partial charge in [-0.25, -0.2) is 0 Å². The predicted molar refractivity (Wildman–Crippen MR) is 84.7 cm³/mol. The van der Waals surface area contributed by atoms with Gasteiger partial charge in [-0.15, -0.1) is 0 Å². The van der Waals surface area contributed by atoms with Gasteiger partial charge in [-0.05, 0) is 25.8 Å². The first-order chi connectivity index (χ1) is 9.52. The lowest BCUT2D eigenvalue weighted by molar-refractivity contribution is -0.132. The molecule has 0 aromatic heterocycles. The van der Waals surface area contributed by atoms with Crippen LogP contribution in [-0.2, 0) is 9.53 Å². The van der Waals surface area contributed by atoms with Gasteiger partial charge in [0.05, 0.1) is 17.6 Å². The third-order valence-electron chi connectivity index (χ3n) is 3.50. The lowest BCUT2D eigenvalue weighted by Gasteiger charge is -2.33. The maximum atomic E-state index is 12.1. The number of hydrogen-bond acceptors (Lipinski definition) is 4. The smallest absolute Gasteiger partial charge is 0.236 e. The van der Waals surface area contributed by atoms with Crippen LogP contribution in [0, 0.1) is 0 Å². The van der Waals surface area contributed by atoms with Gasteiger partial charge in [0.25, 0.3) is 0 Å². The number of nitrogens with zero attached hydrogens (tertiary/aromatic N) is 2. The first-order valence-electron chi connectivity index (χ1n) is 7.39. The number of carbonyl (C=O) groups is 1. The van der Waals surface area contributed by atoms with Crippen LogP contribution in [0.15, 0.2) is 0 Å². The number of carbonyl (C=O) groups excluding carboxylic acids is 1. The molecule has 20 heavy (non-hydrogen) atoms. The van der Waals surface area contributed by atoms with Crippen molar-refractivity contribution in [3.8, 4) is 0 Å². The third-order valence-corrected chi connectivity index (χ3v) is 3.70. The molecule has 0 aromatic carbocycles. The van der Waals surface area contributed by atoms with Crippen LogP contribution >= 0.6 is 12.2 Å². The van der Waals surface area contributed by atoms with Crippen molar-refractivity contribution in [1.82, 2.24) is 9.80 Å². The molecule has 0 bridgehead atoms. The van der Waals surface area contributed by atoms with Crippen molar-refractivity contribution in [2.75, 3.05) is 39.8 Å². The van der Waals surface area contributed by atoms with Crippen LogP contribution in [0.2, 0.25) is 0 Å². The molecule has 0 aliphatic carbocycles.